The Balaban J connectivity index is 2.17. The summed E-state index contributed by atoms with van der Waals surface area (Å²) in [6.07, 6.45) is 3.07. The van der Waals surface area contributed by atoms with E-state index in [0.717, 1.165) is 31.9 Å². The van der Waals surface area contributed by atoms with Gasteiger partial charge in [-0.05, 0) is 38.5 Å². The maximum atomic E-state index is 5.44. The maximum absolute atomic E-state index is 5.44. The molecular formula is C14H21NO. The van der Waals surface area contributed by atoms with E-state index in [1.165, 1.54) is 5.56 Å². The van der Waals surface area contributed by atoms with Gasteiger partial charge in [0.1, 0.15) is 5.76 Å². The van der Waals surface area contributed by atoms with Crippen LogP contribution in [-0.4, -0.2) is 19.7 Å². The molecule has 0 aliphatic rings. The van der Waals surface area contributed by atoms with Gasteiger partial charge in [-0.2, -0.15) is 0 Å². The molecule has 88 valence electrons. The summed E-state index contributed by atoms with van der Waals surface area (Å²) in [5.74, 6) is 1.02. The lowest BCUT2D eigenvalue weighted by Gasteiger charge is -2.09. The smallest absolute Gasteiger partial charge is 0.105 e. The van der Waals surface area contributed by atoms with Crippen molar-refractivity contribution in [2.24, 2.45) is 0 Å². The summed E-state index contributed by atoms with van der Waals surface area (Å²) >= 11 is 0. The van der Waals surface area contributed by atoms with Crippen molar-refractivity contribution in [2.75, 3.05) is 19.7 Å². The lowest BCUT2D eigenvalue weighted by atomic mass is 10.1. The van der Waals surface area contributed by atoms with Crippen LogP contribution in [0.5, 0.6) is 0 Å². The van der Waals surface area contributed by atoms with Crippen molar-refractivity contribution >= 4 is 0 Å². The number of hydrogen-bond donors (Lipinski definition) is 1. The fraction of sp³-hybridized carbons (Fsp3) is 0.429. The van der Waals surface area contributed by atoms with Gasteiger partial charge in [-0.25, -0.2) is 0 Å². The summed E-state index contributed by atoms with van der Waals surface area (Å²) in [7, 11) is 0. The maximum Gasteiger partial charge on any atom is 0.105 e. The second-order valence-corrected chi connectivity index (χ2v) is 3.60. The highest BCUT2D eigenvalue weighted by molar-refractivity contribution is 5.14. The molecule has 0 aliphatic carbocycles. The van der Waals surface area contributed by atoms with Gasteiger partial charge in [0.2, 0.25) is 0 Å². The van der Waals surface area contributed by atoms with Crippen LogP contribution in [0.4, 0.5) is 0 Å². The average molecular weight is 219 g/mol. The van der Waals surface area contributed by atoms with E-state index in [4.69, 9.17) is 4.74 Å². The van der Waals surface area contributed by atoms with Crippen molar-refractivity contribution in [2.45, 2.75) is 20.3 Å². The van der Waals surface area contributed by atoms with E-state index < -0.39 is 0 Å². The first-order valence-corrected chi connectivity index (χ1v) is 5.89. The SMILES string of the molecule is CC=C(CNCCc1ccccc1)OCC. The number of nitrogens with one attached hydrogen (secondary N) is 1. The van der Waals surface area contributed by atoms with Crippen molar-refractivity contribution < 1.29 is 4.74 Å². The van der Waals surface area contributed by atoms with Gasteiger partial charge in [-0.3, -0.25) is 0 Å². The zero-order chi connectivity index (χ0) is 11.6. The molecule has 0 saturated heterocycles. The lowest BCUT2D eigenvalue weighted by molar-refractivity contribution is 0.220. The van der Waals surface area contributed by atoms with Crippen LogP contribution in [0.3, 0.4) is 0 Å². The van der Waals surface area contributed by atoms with Crippen molar-refractivity contribution in [3.05, 3.63) is 47.7 Å². The Hall–Kier alpha value is -1.28. The van der Waals surface area contributed by atoms with E-state index in [9.17, 15) is 0 Å². The zero-order valence-corrected chi connectivity index (χ0v) is 10.2. The Bertz CT molecular complexity index is 306. The average Bonchev–Trinajstić information content (AvgIpc) is 2.34. The molecule has 1 aromatic rings. The molecule has 2 nitrogen and oxygen atoms in total. The van der Waals surface area contributed by atoms with Gasteiger partial charge in [0.25, 0.3) is 0 Å². The molecule has 0 heterocycles. The summed E-state index contributed by atoms with van der Waals surface area (Å²) in [4.78, 5) is 0. The highest BCUT2D eigenvalue weighted by Gasteiger charge is 1.95. The van der Waals surface area contributed by atoms with Crippen LogP contribution < -0.4 is 5.32 Å². The molecular weight excluding hydrogens is 198 g/mol. The van der Waals surface area contributed by atoms with E-state index in [-0.39, 0.29) is 0 Å². The van der Waals surface area contributed by atoms with Gasteiger partial charge in [-0.1, -0.05) is 30.3 Å². The van der Waals surface area contributed by atoms with Crippen LogP contribution >= 0.6 is 0 Å². The first kappa shape index (κ1) is 12.8. The third kappa shape index (κ3) is 4.99. The second kappa shape index (κ2) is 7.94. The third-order valence-electron chi connectivity index (χ3n) is 2.38. The Morgan fingerprint density at radius 1 is 1.31 bits per heavy atom. The van der Waals surface area contributed by atoms with Crippen LogP contribution in [0, 0.1) is 0 Å². The summed E-state index contributed by atoms with van der Waals surface area (Å²) in [5, 5.41) is 3.38. The molecule has 0 spiro atoms. The molecule has 0 unspecified atom stereocenters. The first-order chi connectivity index (χ1) is 7.86. The van der Waals surface area contributed by atoms with E-state index in [1.807, 2.05) is 26.0 Å². The van der Waals surface area contributed by atoms with E-state index in [1.54, 1.807) is 0 Å². The first-order valence-electron chi connectivity index (χ1n) is 5.89. The Morgan fingerprint density at radius 3 is 2.69 bits per heavy atom. The number of rotatable bonds is 7. The molecule has 0 amide bonds. The Morgan fingerprint density at radius 2 is 2.06 bits per heavy atom. The standard InChI is InChI=1S/C14H21NO/c1-3-14(16-4-2)12-15-11-10-13-8-6-5-7-9-13/h3,5-9,15H,4,10-12H2,1-2H3. The Labute approximate surface area is 98.3 Å². The topological polar surface area (TPSA) is 21.3 Å². The minimum absolute atomic E-state index is 0.736. The monoisotopic (exact) mass is 219 g/mol. The van der Waals surface area contributed by atoms with Crippen molar-refractivity contribution in [3.63, 3.8) is 0 Å². The molecule has 0 aromatic heterocycles. The predicted octanol–water partition coefficient (Wildman–Crippen LogP) is 2.76. The van der Waals surface area contributed by atoms with E-state index in [0.29, 0.717) is 0 Å². The normalized spacial score (nSPS) is 11.5. The zero-order valence-electron chi connectivity index (χ0n) is 10.2. The molecule has 0 atom stereocenters. The van der Waals surface area contributed by atoms with Crippen LogP contribution in [0.1, 0.15) is 19.4 Å². The second-order valence-electron chi connectivity index (χ2n) is 3.60. The van der Waals surface area contributed by atoms with E-state index >= 15 is 0 Å². The number of hydrogen-bond acceptors (Lipinski definition) is 2. The minimum atomic E-state index is 0.736. The molecule has 0 aliphatic heterocycles. The minimum Gasteiger partial charge on any atom is -0.497 e. The summed E-state index contributed by atoms with van der Waals surface area (Å²) in [6, 6.07) is 10.5. The van der Waals surface area contributed by atoms with Gasteiger partial charge in [0, 0.05) is 0 Å². The van der Waals surface area contributed by atoms with Crippen molar-refractivity contribution in [3.8, 4) is 0 Å². The fourth-order valence-electron chi connectivity index (χ4n) is 1.51. The molecule has 16 heavy (non-hydrogen) atoms. The molecule has 0 saturated carbocycles. The lowest BCUT2D eigenvalue weighted by Crippen LogP contribution is -2.21. The fourth-order valence-corrected chi connectivity index (χ4v) is 1.51. The highest BCUT2D eigenvalue weighted by Crippen LogP contribution is 1.99. The molecule has 1 rings (SSSR count). The summed E-state index contributed by atoms with van der Waals surface area (Å²) < 4.78 is 5.44. The molecule has 0 radical (unpaired) electrons. The van der Waals surface area contributed by atoms with Gasteiger partial charge in [-0.15, -0.1) is 0 Å². The van der Waals surface area contributed by atoms with Crippen LogP contribution in [0.25, 0.3) is 0 Å². The summed E-state index contributed by atoms with van der Waals surface area (Å²) in [6.45, 7) is 6.54. The number of ether oxygens (including phenoxy) is 1. The molecule has 2 heteroatoms. The van der Waals surface area contributed by atoms with Crippen LogP contribution in [-0.2, 0) is 11.2 Å². The quantitative estimate of drug-likeness (QED) is 0.562. The molecule has 1 N–H and O–H groups in total. The van der Waals surface area contributed by atoms with Crippen molar-refractivity contribution in [1.82, 2.24) is 5.32 Å². The number of allylic oxidation sites excluding steroid dienone is 1. The van der Waals surface area contributed by atoms with Gasteiger partial charge in [0.15, 0.2) is 0 Å². The van der Waals surface area contributed by atoms with Crippen molar-refractivity contribution in [1.29, 1.82) is 0 Å². The Kier molecular flexibility index (Phi) is 6.35. The van der Waals surface area contributed by atoms with Crippen LogP contribution in [0.15, 0.2) is 42.2 Å². The van der Waals surface area contributed by atoms with Crippen LogP contribution in [0.2, 0.25) is 0 Å². The van der Waals surface area contributed by atoms with Gasteiger partial charge < -0.3 is 10.1 Å². The largest absolute Gasteiger partial charge is 0.497 e. The van der Waals surface area contributed by atoms with Gasteiger partial charge in [0.05, 0.1) is 13.2 Å². The predicted molar refractivity (Wildman–Crippen MR) is 68.4 cm³/mol. The van der Waals surface area contributed by atoms with E-state index in [2.05, 4.69) is 29.6 Å². The van der Waals surface area contributed by atoms with Gasteiger partial charge >= 0.3 is 0 Å². The summed E-state index contributed by atoms with van der Waals surface area (Å²) in [5.41, 5.74) is 1.37. The molecule has 0 bridgehead atoms. The molecule has 0 fully saturated rings. The molecule has 1 aromatic carbocycles. The highest BCUT2D eigenvalue weighted by atomic mass is 16.5. The third-order valence-corrected chi connectivity index (χ3v) is 2.38. The number of benzene rings is 1.